The van der Waals surface area contributed by atoms with Crippen molar-refractivity contribution in [1.29, 1.82) is 0 Å². The lowest BCUT2D eigenvalue weighted by atomic mass is 9.87. The second-order valence-electron chi connectivity index (χ2n) is 7.22. The topological polar surface area (TPSA) is 53.0 Å². The van der Waals surface area contributed by atoms with Crippen LogP contribution in [0.3, 0.4) is 0 Å². The van der Waals surface area contributed by atoms with E-state index in [0.717, 1.165) is 48.7 Å². The maximum Gasteiger partial charge on any atom is 0.224 e. The van der Waals surface area contributed by atoms with E-state index in [-0.39, 0.29) is 17.2 Å². The molecule has 130 valence electrons. The Kier molecular flexibility index (Phi) is 4.40. The van der Waals surface area contributed by atoms with Crippen LogP contribution in [-0.4, -0.2) is 47.8 Å². The number of amides is 1. The number of carbonyl (C=O) groups excluding carboxylic acids is 1. The van der Waals surface area contributed by atoms with Gasteiger partial charge in [-0.2, -0.15) is 0 Å². The van der Waals surface area contributed by atoms with Crippen molar-refractivity contribution in [2.45, 2.75) is 39.8 Å². The van der Waals surface area contributed by atoms with Gasteiger partial charge in [-0.05, 0) is 38.5 Å². The molecule has 0 saturated carbocycles. The molecule has 3 rings (SSSR count). The van der Waals surface area contributed by atoms with Crippen molar-refractivity contribution in [3.63, 3.8) is 0 Å². The monoisotopic (exact) mass is 330 g/mol. The summed E-state index contributed by atoms with van der Waals surface area (Å²) in [5.41, 5.74) is 3.37. The maximum atomic E-state index is 12.3. The summed E-state index contributed by atoms with van der Waals surface area (Å²) >= 11 is 0. The normalized spacial score (nSPS) is 20.5. The minimum atomic E-state index is -0.379. The molecule has 2 heterocycles. The predicted molar refractivity (Wildman–Crippen MR) is 95.1 cm³/mol. The fraction of sp³-hybridized carbons (Fsp3) is 0.526. The summed E-state index contributed by atoms with van der Waals surface area (Å²) in [4.78, 5) is 16.4. The van der Waals surface area contributed by atoms with Gasteiger partial charge < -0.3 is 14.7 Å². The maximum absolute atomic E-state index is 12.3. The summed E-state index contributed by atoms with van der Waals surface area (Å²) in [7, 11) is 0. The van der Waals surface area contributed by atoms with Gasteiger partial charge >= 0.3 is 0 Å². The quantitative estimate of drug-likeness (QED) is 0.906. The van der Waals surface area contributed by atoms with Gasteiger partial charge in [-0.3, -0.25) is 9.69 Å². The molecule has 2 aliphatic rings. The van der Waals surface area contributed by atoms with E-state index in [2.05, 4.69) is 11.0 Å². The van der Waals surface area contributed by atoms with Gasteiger partial charge in [0.25, 0.3) is 0 Å². The van der Waals surface area contributed by atoms with Crippen LogP contribution in [0.25, 0.3) is 5.57 Å². The van der Waals surface area contributed by atoms with Gasteiger partial charge in [-0.25, -0.2) is 0 Å². The molecule has 1 aromatic carbocycles. The minimum absolute atomic E-state index is 0.00742. The molecule has 0 atom stereocenters. The van der Waals surface area contributed by atoms with Gasteiger partial charge in [0.15, 0.2) is 0 Å². The number of ether oxygens (including phenoxy) is 1. The van der Waals surface area contributed by atoms with Crippen LogP contribution in [0.2, 0.25) is 0 Å². The van der Waals surface area contributed by atoms with Crippen LogP contribution in [0.4, 0.5) is 5.69 Å². The average molecular weight is 330 g/mol. The first-order chi connectivity index (χ1) is 11.3. The third-order valence-corrected chi connectivity index (χ3v) is 4.82. The smallest absolute Gasteiger partial charge is 0.224 e. The Morgan fingerprint density at radius 2 is 1.96 bits per heavy atom. The first kappa shape index (κ1) is 17.0. The lowest BCUT2D eigenvalue weighted by molar-refractivity contribution is -0.117. The number of benzene rings is 1. The van der Waals surface area contributed by atoms with E-state index < -0.39 is 0 Å². The van der Waals surface area contributed by atoms with Crippen LogP contribution in [0.5, 0.6) is 5.75 Å². The zero-order valence-corrected chi connectivity index (χ0v) is 14.9. The first-order valence-electron chi connectivity index (χ1n) is 8.46. The highest BCUT2D eigenvalue weighted by atomic mass is 16.5. The van der Waals surface area contributed by atoms with Crippen LogP contribution in [-0.2, 0) is 16.1 Å². The molecule has 0 aliphatic carbocycles. The van der Waals surface area contributed by atoms with E-state index in [4.69, 9.17) is 4.74 Å². The van der Waals surface area contributed by atoms with E-state index in [1.807, 2.05) is 31.7 Å². The molecule has 24 heavy (non-hydrogen) atoms. The van der Waals surface area contributed by atoms with Gasteiger partial charge in [0.1, 0.15) is 5.75 Å². The third kappa shape index (κ3) is 3.06. The van der Waals surface area contributed by atoms with Crippen LogP contribution < -0.4 is 4.90 Å². The van der Waals surface area contributed by atoms with Crippen LogP contribution in [0.15, 0.2) is 18.2 Å². The van der Waals surface area contributed by atoms with Gasteiger partial charge in [0, 0.05) is 37.7 Å². The number of anilines is 1. The Bertz CT molecular complexity index is 688. The SMILES string of the molecule is CC(=O)N1c2cc(CN3CCOCC3)c(O)cc2C(C)=CC1(C)C. The summed E-state index contributed by atoms with van der Waals surface area (Å²) in [5.74, 6) is 0.296. The summed E-state index contributed by atoms with van der Waals surface area (Å²) in [6.45, 7) is 11.5. The molecular formula is C19H26N2O3. The lowest BCUT2D eigenvalue weighted by Crippen LogP contribution is -2.48. The molecule has 1 saturated heterocycles. The fourth-order valence-corrected chi connectivity index (χ4v) is 3.81. The molecular weight excluding hydrogens is 304 g/mol. The van der Waals surface area contributed by atoms with Crippen molar-refractivity contribution in [2.75, 3.05) is 31.2 Å². The van der Waals surface area contributed by atoms with Crippen molar-refractivity contribution >= 4 is 17.2 Å². The predicted octanol–water partition coefficient (Wildman–Crippen LogP) is 2.77. The zero-order chi connectivity index (χ0) is 17.5. The van der Waals surface area contributed by atoms with Gasteiger partial charge in [0.05, 0.1) is 24.4 Å². The Morgan fingerprint density at radius 3 is 2.58 bits per heavy atom. The van der Waals surface area contributed by atoms with E-state index in [0.29, 0.717) is 6.54 Å². The molecule has 0 spiro atoms. The van der Waals surface area contributed by atoms with Gasteiger partial charge in [-0.15, -0.1) is 0 Å². The molecule has 1 aromatic rings. The number of carbonyl (C=O) groups is 1. The number of allylic oxidation sites excluding steroid dienone is 1. The molecule has 5 nitrogen and oxygen atoms in total. The number of fused-ring (bicyclic) bond motifs is 1. The van der Waals surface area contributed by atoms with Crippen molar-refractivity contribution in [3.8, 4) is 5.75 Å². The van der Waals surface area contributed by atoms with Gasteiger partial charge in [-0.1, -0.05) is 6.08 Å². The highest BCUT2D eigenvalue weighted by Gasteiger charge is 2.34. The van der Waals surface area contributed by atoms with Crippen molar-refractivity contribution in [2.24, 2.45) is 0 Å². The average Bonchev–Trinajstić information content (AvgIpc) is 2.49. The molecule has 1 amide bonds. The molecule has 0 radical (unpaired) electrons. The van der Waals surface area contributed by atoms with Gasteiger partial charge in [0.2, 0.25) is 5.91 Å². The standard InChI is InChI=1S/C19H26N2O3/c1-13-11-19(3,4)21(14(2)22)17-9-15(18(23)10-16(13)17)12-20-5-7-24-8-6-20/h9-11,23H,5-8,12H2,1-4H3. The number of hydrogen-bond acceptors (Lipinski definition) is 4. The van der Waals surface area contributed by atoms with Crippen molar-refractivity contribution < 1.29 is 14.6 Å². The molecule has 0 aromatic heterocycles. The number of aromatic hydroxyl groups is 1. The van der Waals surface area contributed by atoms with Crippen LogP contribution in [0.1, 0.15) is 38.8 Å². The van der Waals surface area contributed by atoms with Crippen LogP contribution in [0, 0.1) is 0 Å². The Morgan fingerprint density at radius 1 is 1.29 bits per heavy atom. The van der Waals surface area contributed by atoms with E-state index in [9.17, 15) is 9.90 Å². The fourth-order valence-electron chi connectivity index (χ4n) is 3.81. The number of phenols is 1. The number of phenolic OH excluding ortho intramolecular Hbond substituents is 1. The second-order valence-corrected chi connectivity index (χ2v) is 7.22. The molecule has 0 bridgehead atoms. The highest BCUT2D eigenvalue weighted by Crippen LogP contribution is 2.42. The number of hydrogen-bond donors (Lipinski definition) is 1. The Labute approximate surface area is 143 Å². The van der Waals surface area contributed by atoms with Crippen molar-refractivity contribution in [3.05, 3.63) is 29.3 Å². The molecule has 5 heteroatoms. The third-order valence-electron chi connectivity index (χ3n) is 4.82. The summed E-state index contributed by atoms with van der Waals surface area (Å²) in [6, 6.07) is 3.77. The molecule has 0 unspecified atom stereocenters. The number of morpholine rings is 1. The Hall–Kier alpha value is -1.85. The zero-order valence-electron chi connectivity index (χ0n) is 14.9. The first-order valence-corrected chi connectivity index (χ1v) is 8.46. The number of nitrogens with zero attached hydrogens (tertiary/aromatic N) is 2. The summed E-state index contributed by atoms with van der Waals surface area (Å²) in [6.07, 6.45) is 2.08. The van der Waals surface area contributed by atoms with Crippen LogP contribution >= 0.6 is 0 Å². The van der Waals surface area contributed by atoms with E-state index in [1.165, 1.54) is 0 Å². The molecule has 2 aliphatic heterocycles. The summed E-state index contributed by atoms with van der Waals surface area (Å²) < 4.78 is 5.38. The van der Waals surface area contributed by atoms with E-state index in [1.54, 1.807) is 13.0 Å². The molecule has 1 fully saturated rings. The molecule has 1 N–H and O–H groups in total. The van der Waals surface area contributed by atoms with Crippen molar-refractivity contribution in [1.82, 2.24) is 4.90 Å². The lowest BCUT2D eigenvalue weighted by Gasteiger charge is -2.41. The Balaban J connectivity index is 2.02. The van der Waals surface area contributed by atoms with E-state index >= 15 is 0 Å². The summed E-state index contributed by atoms with van der Waals surface area (Å²) in [5, 5.41) is 10.5. The highest BCUT2D eigenvalue weighted by molar-refractivity contribution is 5.99. The second kappa shape index (κ2) is 6.22. The minimum Gasteiger partial charge on any atom is -0.508 e. The largest absolute Gasteiger partial charge is 0.508 e. The number of rotatable bonds is 2.